The average Bonchev–Trinajstić information content (AvgIpc) is 3.28. The number of carbonyl (C=O) groups excluding carboxylic acids is 2. The molecule has 0 fully saturated rings. The van der Waals surface area contributed by atoms with Crippen molar-refractivity contribution in [3.8, 4) is 5.75 Å². The van der Waals surface area contributed by atoms with E-state index in [2.05, 4.69) is 39.8 Å². The van der Waals surface area contributed by atoms with Crippen molar-refractivity contribution in [1.29, 1.82) is 0 Å². The number of esters is 1. The lowest BCUT2D eigenvalue weighted by molar-refractivity contribution is 0.0734. The molecule has 0 bridgehead atoms. The Morgan fingerprint density at radius 2 is 1.67 bits per heavy atom. The number of carbonyl (C=O) groups is 2. The maximum Gasteiger partial charge on any atom is 0.343 e. The van der Waals surface area contributed by atoms with E-state index < -0.39 is 5.97 Å². The molecule has 36 heavy (non-hydrogen) atoms. The van der Waals surface area contributed by atoms with Gasteiger partial charge >= 0.3 is 5.97 Å². The SMILES string of the molecule is O=C(Oc1ccc(C2NC(=O)c3c(sc4c3CCN(Cc3ccccc3)C4)N2)cc1)c1ccccc1. The highest BCUT2D eigenvalue weighted by molar-refractivity contribution is 7.16. The number of thiophene rings is 1. The van der Waals surface area contributed by atoms with Gasteiger partial charge in [0.1, 0.15) is 16.9 Å². The Morgan fingerprint density at radius 1 is 0.944 bits per heavy atom. The molecule has 1 amide bonds. The van der Waals surface area contributed by atoms with E-state index in [4.69, 9.17) is 4.74 Å². The lowest BCUT2D eigenvalue weighted by Crippen LogP contribution is -2.38. The quantitative estimate of drug-likeness (QED) is 0.287. The zero-order chi connectivity index (χ0) is 24.5. The molecule has 3 heterocycles. The second-order valence-electron chi connectivity index (χ2n) is 9.03. The number of fused-ring (bicyclic) bond motifs is 3. The zero-order valence-electron chi connectivity index (χ0n) is 19.6. The van der Waals surface area contributed by atoms with Gasteiger partial charge in [0.25, 0.3) is 5.91 Å². The number of hydrogen-bond acceptors (Lipinski definition) is 6. The van der Waals surface area contributed by atoms with E-state index in [0.29, 0.717) is 11.3 Å². The van der Waals surface area contributed by atoms with E-state index in [0.717, 1.165) is 42.2 Å². The summed E-state index contributed by atoms with van der Waals surface area (Å²) in [6, 6.07) is 26.6. The first-order chi connectivity index (χ1) is 17.6. The molecule has 6 rings (SSSR count). The predicted octanol–water partition coefficient (Wildman–Crippen LogP) is 5.38. The number of anilines is 1. The van der Waals surface area contributed by atoms with Crippen LogP contribution in [0.4, 0.5) is 5.00 Å². The van der Waals surface area contributed by atoms with Crippen molar-refractivity contribution in [3.63, 3.8) is 0 Å². The van der Waals surface area contributed by atoms with Crippen LogP contribution in [0.5, 0.6) is 5.75 Å². The molecule has 1 aromatic heterocycles. The summed E-state index contributed by atoms with van der Waals surface area (Å²) in [5, 5.41) is 7.54. The van der Waals surface area contributed by atoms with Crippen LogP contribution in [0, 0.1) is 0 Å². The lowest BCUT2D eigenvalue weighted by atomic mass is 10.00. The van der Waals surface area contributed by atoms with Gasteiger partial charge in [0.2, 0.25) is 0 Å². The smallest absolute Gasteiger partial charge is 0.343 e. The Kier molecular flexibility index (Phi) is 6.01. The highest BCUT2D eigenvalue weighted by Gasteiger charge is 2.33. The minimum absolute atomic E-state index is 0.0395. The Hall–Kier alpha value is -3.94. The summed E-state index contributed by atoms with van der Waals surface area (Å²) in [5.74, 6) is 0.0189. The topological polar surface area (TPSA) is 70.7 Å². The van der Waals surface area contributed by atoms with Gasteiger partial charge in [-0.25, -0.2) is 4.79 Å². The molecule has 2 aliphatic rings. The van der Waals surface area contributed by atoms with E-state index in [1.807, 2.05) is 24.3 Å². The first-order valence-corrected chi connectivity index (χ1v) is 12.8. The number of amides is 1. The van der Waals surface area contributed by atoms with Crippen LogP contribution in [-0.2, 0) is 19.5 Å². The van der Waals surface area contributed by atoms with Crippen molar-refractivity contribution in [3.05, 3.63) is 118 Å². The molecule has 1 atom stereocenters. The molecule has 4 aromatic rings. The van der Waals surface area contributed by atoms with E-state index in [1.165, 1.54) is 16.0 Å². The van der Waals surface area contributed by atoms with Crippen LogP contribution < -0.4 is 15.4 Å². The van der Waals surface area contributed by atoms with Gasteiger partial charge in [0, 0.05) is 24.5 Å². The molecule has 0 saturated carbocycles. The minimum atomic E-state index is -0.400. The summed E-state index contributed by atoms with van der Waals surface area (Å²) in [7, 11) is 0. The molecule has 0 spiro atoms. The molecule has 6 nitrogen and oxygen atoms in total. The number of hydrogen-bond donors (Lipinski definition) is 2. The van der Waals surface area contributed by atoms with Crippen LogP contribution in [0.1, 0.15) is 48.4 Å². The number of nitrogens with one attached hydrogen (secondary N) is 2. The van der Waals surface area contributed by atoms with Crippen molar-refractivity contribution < 1.29 is 14.3 Å². The van der Waals surface area contributed by atoms with Crippen LogP contribution in [0.2, 0.25) is 0 Å². The molecular formula is C29H25N3O3S. The third kappa shape index (κ3) is 4.51. The summed E-state index contributed by atoms with van der Waals surface area (Å²) in [5.41, 5.74) is 4.66. The normalized spacial score (nSPS) is 16.9. The second kappa shape index (κ2) is 9.60. The summed E-state index contributed by atoms with van der Waals surface area (Å²) < 4.78 is 5.48. The van der Waals surface area contributed by atoms with Crippen molar-refractivity contribution in [2.75, 3.05) is 11.9 Å². The van der Waals surface area contributed by atoms with Gasteiger partial charge in [0.05, 0.1) is 11.1 Å². The van der Waals surface area contributed by atoms with Gasteiger partial charge in [0.15, 0.2) is 0 Å². The molecule has 3 aromatic carbocycles. The molecular weight excluding hydrogens is 470 g/mol. The van der Waals surface area contributed by atoms with Crippen LogP contribution in [-0.4, -0.2) is 23.3 Å². The molecule has 2 aliphatic heterocycles. The van der Waals surface area contributed by atoms with Crippen molar-refractivity contribution in [2.45, 2.75) is 25.7 Å². The molecule has 0 radical (unpaired) electrons. The molecule has 0 aliphatic carbocycles. The van der Waals surface area contributed by atoms with Crippen molar-refractivity contribution in [2.24, 2.45) is 0 Å². The van der Waals surface area contributed by atoms with Gasteiger partial charge in [-0.3, -0.25) is 9.69 Å². The fourth-order valence-electron chi connectivity index (χ4n) is 4.78. The maximum atomic E-state index is 13.1. The first-order valence-electron chi connectivity index (χ1n) is 12.0. The summed E-state index contributed by atoms with van der Waals surface area (Å²) in [4.78, 5) is 29.1. The molecule has 180 valence electrons. The number of ether oxygens (including phenoxy) is 1. The maximum absolute atomic E-state index is 13.1. The average molecular weight is 496 g/mol. The lowest BCUT2D eigenvalue weighted by Gasteiger charge is -2.28. The monoisotopic (exact) mass is 495 g/mol. The molecule has 1 unspecified atom stereocenters. The van der Waals surface area contributed by atoms with Crippen LogP contribution in [0.3, 0.4) is 0 Å². The summed E-state index contributed by atoms with van der Waals surface area (Å²) >= 11 is 1.68. The van der Waals surface area contributed by atoms with Crippen LogP contribution in [0.15, 0.2) is 84.9 Å². The summed E-state index contributed by atoms with van der Waals surface area (Å²) in [6.07, 6.45) is 0.527. The van der Waals surface area contributed by atoms with Gasteiger partial charge in [-0.2, -0.15) is 0 Å². The van der Waals surface area contributed by atoms with Gasteiger partial charge in [-0.15, -0.1) is 11.3 Å². The van der Waals surface area contributed by atoms with Crippen LogP contribution >= 0.6 is 11.3 Å². The fraction of sp³-hybridized carbons (Fsp3) is 0.172. The largest absolute Gasteiger partial charge is 0.423 e. The second-order valence-corrected chi connectivity index (χ2v) is 10.1. The Balaban J connectivity index is 1.15. The summed E-state index contributed by atoms with van der Waals surface area (Å²) in [6.45, 7) is 2.69. The predicted molar refractivity (Wildman–Crippen MR) is 140 cm³/mol. The van der Waals surface area contributed by atoms with Gasteiger partial charge in [-0.1, -0.05) is 60.7 Å². The van der Waals surface area contributed by atoms with Gasteiger partial charge in [-0.05, 0) is 47.4 Å². The number of benzene rings is 3. The standard InChI is InChI=1S/C29H25N3O3S/c33-27-25-23-15-16-32(17-19-7-3-1-4-8-19)18-24(23)36-28(25)31-26(30-27)20-11-13-22(14-12-20)35-29(34)21-9-5-2-6-10-21/h1-14,26,31H,15-18H2,(H,30,33). The highest BCUT2D eigenvalue weighted by Crippen LogP contribution is 2.41. The fourth-order valence-corrected chi connectivity index (χ4v) is 6.10. The van der Waals surface area contributed by atoms with E-state index in [1.54, 1.807) is 47.7 Å². The molecule has 2 N–H and O–H groups in total. The van der Waals surface area contributed by atoms with Crippen LogP contribution in [0.25, 0.3) is 0 Å². The minimum Gasteiger partial charge on any atom is -0.423 e. The van der Waals surface area contributed by atoms with Crippen molar-refractivity contribution in [1.82, 2.24) is 10.2 Å². The zero-order valence-corrected chi connectivity index (χ0v) is 20.4. The number of rotatable bonds is 5. The first kappa shape index (κ1) is 22.5. The Bertz CT molecular complexity index is 1400. The van der Waals surface area contributed by atoms with E-state index >= 15 is 0 Å². The third-order valence-electron chi connectivity index (χ3n) is 6.60. The van der Waals surface area contributed by atoms with Gasteiger partial charge < -0.3 is 15.4 Å². The van der Waals surface area contributed by atoms with Crippen molar-refractivity contribution >= 4 is 28.2 Å². The Morgan fingerprint density at radius 3 is 2.42 bits per heavy atom. The highest BCUT2D eigenvalue weighted by atomic mass is 32.1. The number of nitrogens with zero attached hydrogens (tertiary/aromatic N) is 1. The molecule has 0 saturated heterocycles. The van der Waals surface area contributed by atoms with E-state index in [9.17, 15) is 9.59 Å². The third-order valence-corrected chi connectivity index (χ3v) is 7.74. The Labute approximate surface area is 213 Å². The molecule has 7 heteroatoms. The van der Waals surface area contributed by atoms with E-state index in [-0.39, 0.29) is 12.1 Å².